The maximum Gasteiger partial charge on any atom is 0.241 e. The average molecular weight is 314 g/mol. The second-order valence-corrected chi connectivity index (χ2v) is 6.29. The van der Waals surface area contributed by atoms with E-state index in [0.717, 1.165) is 29.2 Å². The molecule has 0 fully saturated rings. The van der Waals surface area contributed by atoms with Crippen molar-refractivity contribution in [3.63, 3.8) is 0 Å². The summed E-state index contributed by atoms with van der Waals surface area (Å²) in [7, 11) is 1.82. The third-order valence-corrected chi connectivity index (χ3v) is 4.04. The fraction of sp³-hybridized carbons (Fsp3) is 0.444. The van der Waals surface area contributed by atoms with Crippen LogP contribution in [0.1, 0.15) is 31.7 Å². The van der Waals surface area contributed by atoms with E-state index >= 15 is 0 Å². The number of benzene rings is 1. The molecule has 1 atom stereocenters. The van der Waals surface area contributed by atoms with Crippen LogP contribution >= 0.6 is 0 Å². The van der Waals surface area contributed by atoms with Crippen molar-refractivity contribution in [1.82, 2.24) is 14.9 Å². The van der Waals surface area contributed by atoms with Crippen LogP contribution in [0.3, 0.4) is 0 Å². The highest BCUT2D eigenvalue weighted by Crippen LogP contribution is 2.17. The molecule has 2 N–H and O–H groups in total. The van der Waals surface area contributed by atoms with E-state index in [4.69, 9.17) is 0 Å². The van der Waals surface area contributed by atoms with E-state index in [1.165, 1.54) is 0 Å². The molecule has 0 aliphatic heterocycles. The van der Waals surface area contributed by atoms with Crippen LogP contribution in [0.2, 0.25) is 0 Å². The molecule has 0 aliphatic rings. The molecule has 23 heavy (non-hydrogen) atoms. The lowest BCUT2D eigenvalue weighted by Gasteiger charge is -2.18. The van der Waals surface area contributed by atoms with Gasteiger partial charge in [-0.3, -0.25) is 4.79 Å². The van der Waals surface area contributed by atoms with Crippen molar-refractivity contribution >= 4 is 11.6 Å². The van der Waals surface area contributed by atoms with Crippen molar-refractivity contribution in [2.75, 3.05) is 12.4 Å². The molecule has 5 nitrogen and oxygen atoms in total. The van der Waals surface area contributed by atoms with E-state index in [1.807, 2.05) is 56.1 Å². The number of nitrogens with zero attached hydrogens (tertiary/aromatic N) is 2. The summed E-state index contributed by atoms with van der Waals surface area (Å²) in [5.74, 6) is 0.469. The Balaban J connectivity index is 2.08. The van der Waals surface area contributed by atoms with E-state index in [0.29, 0.717) is 5.92 Å². The smallest absolute Gasteiger partial charge is 0.241 e. The van der Waals surface area contributed by atoms with Crippen LogP contribution in [-0.2, 0) is 4.79 Å². The Kier molecular flexibility index (Phi) is 5.55. The SMILES string of the molecule is CN[C@@H](CC(C)C)C(=O)Nc1ccc(-n2cnc(C)c2C)cc1. The topological polar surface area (TPSA) is 59.0 Å². The van der Waals surface area contributed by atoms with E-state index in [2.05, 4.69) is 29.5 Å². The molecule has 124 valence electrons. The molecule has 1 aromatic heterocycles. The third kappa shape index (κ3) is 4.20. The summed E-state index contributed by atoms with van der Waals surface area (Å²) in [6.07, 6.45) is 2.63. The highest BCUT2D eigenvalue weighted by molar-refractivity contribution is 5.94. The largest absolute Gasteiger partial charge is 0.325 e. The molecule has 5 heteroatoms. The normalized spacial score (nSPS) is 12.4. The molecule has 2 aromatic rings. The summed E-state index contributed by atoms with van der Waals surface area (Å²) >= 11 is 0. The van der Waals surface area contributed by atoms with Crippen LogP contribution in [0.5, 0.6) is 0 Å². The summed E-state index contributed by atoms with van der Waals surface area (Å²) < 4.78 is 2.04. The predicted octanol–water partition coefficient (Wildman–Crippen LogP) is 3.06. The first-order chi connectivity index (χ1) is 10.9. The predicted molar refractivity (Wildman–Crippen MR) is 94.0 cm³/mol. The van der Waals surface area contributed by atoms with Crippen LogP contribution in [0, 0.1) is 19.8 Å². The van der Waals surface area contributed by atoms with E-state index in [-0.39, 0.29) is 11.9 Å². The molecule has 1 heterocycles. The summed E-state index contributed by atoms with van der Waals surface area (Å²) in [4.78, 5) is 16.6. The molecule has 0 unspecified atom stereocenters. The highest BCUT2D eigenvalue weighted by Gasteiger charge is 2.17. The molecule has 0 aliphatic carbocycles. The number of aromatic nitrogens is 2. The van der Waals surface area contributed by atoms with Gasteiger partial charge in [-0.1, -0.05) is 13.8 Å². The van der Waals surface area contributed by atoms with Crippen molar-refractivity contribution in [2.24, 2.45) is 5.92 Å². The van der Waals surface area contributed by atoms with Gasteiger partial charge in [0.2, 0.25) is 5.91 Å². The van der Waals surface area contributed by atoms with Crippen molar-refractivity contribution < 1.29 is 4.79 Å². The lowest BCUT2D eigenvalue weighted by atomic mass is 10.0. The Morgan fingerprint density at radius 1 is 1.22 bits per heavy atom. The molecule has 0 radical (unpaired) electrons. The van der Waals surface area contributed by atoms with Gasteiger partial charge in [-0.25, -0.2) is 4.98 Å². The number of hydrogen-bond donors (Lipinski definition) is 2. The fourth-order valence-electron chi connectivity index (χ4n) is 2.52. The average Bonchev–Trinajstić information content (AvgIpc) is 2.85. The van der Waals surface area contributed by atoms with Crippen molar-refractivity contribution in [3.8, 4) is 5.69 Å². The first-order valence-electron chi connectivity index (χ1n) is 8.01. The van der Waals surface area contributed by atoms with Gasteiger partial charge >= 0.3 is 0 Å². The Morgan fingerprint density at radius 3 is 2.35 bits per heavy atom. The summed E-state index contributed by atoms with van der Waals surface area (Å²) in [5, 5.41) is 6.05. The second kappa shape index (κ2) is 7.42. The number of likely N-dealkylation sites (N-methyl/N-ethyl adjacent to an activating group) is 1. The Bertz CT molecular complexity index is 658. The number of nitrogens with one attached hydrogen (secondary N) is 2. The fourth-order valence-corrected chi connectivity index (χ4v) is 2.52. The lowest BCUT2D eigenvalue weighted by Crippen LogP contribution is -2.39. The van der Waals surface area contributed by atoms with Crippen molar-refractivity contribution in [1.29, 1.82) is 0 Å². The van der Waals surface area contributed by atoms with Gasteiger partial charge in [0.05, 0.1) is 18.1 Å². The highest BCUT2D eigenvalue weighted by atomic mass is 16.2. The van der Waals surface area contributed by atoms with E-state index in [9.17, 15) is 4.79 Å². The number of carbonyl (C=O) groups is 1. The number of amides is 1. The van der Waals surface area contributed by atoms with Crippen molar-refractivity contribution in [2.45, 2.75) is 40.2 Å². The molecular weight excluding hydrogens is 288 g/mol. The summed E-state index contributed by atoms with van der Waals surface area (Å²) in [6.45, 7) is 8.26. The van der Waals surface area contributed by atoms with Crippen LogP contribution in [0.25, 0.3) is 5.69 Å². The summed E-state index contributed by atoms with van der Waals surface area (Å²) in [5.41, 5.74) is 3.98. The Labute approximate surface area is 138 Å². The van der Waals surface area contributed by atoms with Gasteiger partial charge in [0, 0.05) is 17.1 Å². The molecule has 0 saturated heterocycles. The molecule has 0 saturated carbocycles. The van der Waals surface area contributed by atoms with Gasteiger partial charge in [-0.2, -0.15) is 0 Å². The number of imidazole rings is 1. The molecule has 0 spiro atoms. The van der Waals surface area contributed by atoms with Gasteiger partial charge in [0.15, 0.2) is 0 Å². The van der Waals surface area contributed by atoms with Crippen LogP contribution in [-0.4, -0.2) is 28.5 Å². The zero-order chi connectivity index (χ0) is 17.0. The molecule has 0 bridgehead atoms. The number of hydrogen-bond acceptors (Lipinski definition) is 3. The zero-order valence-electron chi connectivity index (χ0n) is 14.6. The Hall–Kier alpha value is -2.14. The number of carbonyl (C=O) groups excluding carboxylic acids is 1. The minimum Gasteiger partial charge on any atom is -0.325 e. The van der Waals surface area contributed by atoms with Gasteiger partial charge in [0.25, 0.3) is 0 Å². The number of aryl methyl sites for hydroxylation is 1. The van der Waals surface area contributed by atoms with E-state index < -0.39 is 0 Å². The Morgan fingerprint density at radius 2 is 1.87 bits per heavy atom. The number of rotatable bonds is 6. The minimum absolute atomic E-state index is 0.00334. The van der Waals surface area contributed by atoms with Crippen LogP contribution < -0.4 is 10.6 Å². The zero-order valence-corrected chi connectivity index (χ0v) is 14.6. The van der Waals surface area contributed by atoms with E-state index in [1.54, 1.807) is 0 Å². The monoisotopic (exact) mass is 314 g/mol. The van der Waals surface area contributed by atoms with Gasteiger partial charge in [-0.05, 0) is 57.5 Å². The van der Waals surface area contributed by atoms with Gasteiger partial charge < -0.3 is 15.2 Å². The summed E-state index contributed by atoms with van der Waals surface area (Å²) in [6, 6.07) is 7.64. The second-order valence-electron chi connectivity index (χ2n) is 6.29. The first kappa shape index (κ1) is 17.2. The standard InChI is InChI=1S/C18H26N4O/c1-12(2)10-17(19-5)18(23)21-15-6-8-16(9-7-15)22-11-20-13(3)14(22)4/h6-9,11-12,17,19H,10H2,1-5H3,(H,21,23)/t17-/m0/s1. The quantitative estimate of drug-likeness (QED) is 0.861. The first-order valence-corrected chi connectivity index (χ1v) is 8.01. The molecular formula is C18H26N4O. The molecule has 1 amide bonds. The van der Waals surface area contributed by atoms with Gasteiger partial charge in [-0.15, -0.1) is 0 Å². The van der Waals surface area contributed by atoms with Crippen LogP contribution in [0.4, 0.5) is 5.69 Å². The maximum absolute atomic E-state index is 12.3. The lowest BCUT2D eigenvalue weighted by molar-refractivity contribution is -0.118. The van der Waals surface area contributed by atoms with Crippen molar-refractivity contribution in [3.05, 3.63) is 42.0 Å². The maximum atomic E-state index is 12.3. The molecule has 1 aromatic carbocycles. The van der Waals surface area contributed by atoms with Crippen LogP contribution in [0.15, 0.2) is 30.6 Å². The number of anilines is 1. The third-order valence-electron chi connectivity index (χ3n) is 4.04. The van der Waals surface area contributed by atoms with Gasteiger partial charge in [0.1, 0.15) is 0 Å². The molecule has 2 rings (SSSR count). The minimum atomic E-state index is -0.173.